The van der Waals surface area contributed by atoms with Crippen molar-refractivity contribution in [1.82, 2.24) is 4.90 Å². The molecule has 0 aromatic rings. The Morgan fingerprint density at radius 1 is 1.69 bits per heavy atom. The number of hydrogen-bond acceptors (Lipinski definition) is 4. The molecule has 0 spiro atoms. The highest BCUT2D eigenvalue weighted by Crippen LogP contribution is 2.18. The van der Waals surface area contributed by atoms with Gasteiger partial charge in [-0.25, -0.2) is 9.59 Å². The Morgan fingerprint density at radius 3 is 3.06 bits per heavy atom. The van der Waals surface area contributed by atoms with Crippen LogP contribution in [0.4, 0.5) is 4.79 Å². The Balaban J connectivity index is 2.43. The molecule has 5 heteroatoms. The molecule has 0 aromatic carbocycles. The molecule has 0 radical (unpaired) electrons. The smallest absolute Gasteiger partial charge is 0.412 e. The lowest BCUT2D eigenvalue weighted by molar-refractivity contribution is -0.139. The van der Waals surface area contributed by atoms with Crippen LogP contribution in [0.15, 0.2) is 12.7 Å². The third-order valence-corrected chi connectivity index (χ3v) is 2.54. The maximum atomic E-state index is 11.4. The van der Waals surface area contributed by atoms with Crippen LogP contribution in [-0.2, 0) is 14.3 Å². The molecule has 1 saturated heterocycles. The van der Waals surface area contributed by atoms with Crippen LogP contribution in [0.3, 0.4) is 0 Å². The fourth-order valence-electron chi connectivity index (χ4n) is 1.64. The van der Waals surface area contributed by atoms with E-state index < -0.39 is 12.1 Å². The number of allylic oxidation sites excluding steroid dienone is 1. The largest absolute Gasteiger partial charge is 0.453 e. The second-order valence-electron chi connectivity index (χ2n) is 3.62. The number of methoxy groups -OCH3 is 1. The van der Waals surface area contributed by atoms with Crippen LogP contribution in [0.25, 0.3) is 0 Å². The van der Waals surface area contributed by atoms with Crippen molar-refractivity contribution < 1.29 is 19.1 Å². The van der Waals surface area contributed by atoms with Gasteiger partial charge in [-0.1, -0.05) is 12.5 Å². The molecule has 0 bridgehead atoms. The summed E-state index contributed by atoms with van der Waals surface area (Å²) in [7, 11) is 1.29. The zero-order chi connectivity index (χ0) is 12.0. The molecule has 1 amide bonds. The van der Waals surface area contributed by atoms with Crippen molar-refractivity contribution in [3.05, 3.63) is 12.7 Å². The summed E-state index contributed by atoms with van der Waals surface area (Å²) in [5.74, 6) is -0.344. The lowest BCUT2D eigenvalue weighted by Gasteiger charge is -2.18. The van der Waals surface area contributed by atoms with Gasteiger partial charge in [-0.2, -0.15) is 0 Å². The topological polar surface area (TPSA) is 55.8 Å². The number of carbonyl (C=O) groups excluding carboxylic acids is 2. The average Bonchev–Trinajstić information content (AvgIpc) is 2.65. The second kappa shape index (κ2) is 6.15. The molecule has 1 atom stereocenters. The Kier molecular flexibility index (Phi) is 4.82. The Labute approximate surface area is 95.0 Å². The van der Waals surface area contributed by atoms with E-state index in [1.165, 1.54) is 12.0 Å². The molecule has 1 heterocycles. The summed E-state index contributed by atoms with van der Waals surface area (Å²) in [6, 6.07) is -0.489. The summed E-state index contributed by atoms with van der Waals surface area (Å²) in [6.07, 6.45) is 4.67. The van der Waals surface area contributed by atoms with Gasteiger partial charge in [0.2, 0.25) is 0 Å². The number of ether oxygens (including phenoxy) is 2. The summed E-state index contributed by atoms with van der Waals surface area (Å²) in [5.41, 5.74) is 0. The molecule has 1 fully saturated rings. The van der Waals surface area contributed by atoms with Gasteiger partial charge in [0.1, 0.15) is 6.04 Å². The molecular formula is C11H17NO4. The summed E-state index contributed by atoms with van der Waals surface area (Å²) in [5, 5.41) is 0. The minimum absolute atomic E-state index is 0.00235. The second-order valence-corrected chi connectivity index (χ2v) is 3.62. The Morgan fingerprint density at radius 2 is 2.44 bits per heavy atom. The molecule has 0 N–H and O–H groups in total. The number of carbonyl (C=O) groups is 2. The summed E-state index contributed by atoms with van der Waals surface area (Å²) in [4.78, 5) is 24.0. The normalized spacial score (nSPS) is 19.4. The first-order valence-corrected chi connectivity index (χ1v) is 5.32. The molecule has 0 saturated carbocycles. The van der Waals surface area contributed by atoms with Gasteiger partial charge in [0.15, 0.2) is 6.73 Å². The zero-order valence-corrected chi connectivity index (χ0v) is 9.48. The molecule has 16 heavy (non-hydrogen) atoms. The number of esters is 1. The van der Waals surface area contributed by atoms with Crippen molar-refractivity contribution in [2.75, 3.05) is 13.8 Å². The molecule has 1 unspecified atom stereocenters. The van der Waals surface area contributed by atoms with E-state index in [-0.39, 0.29) is 12.7 Å². The van der Waals surface area contributed by atoms with E-state index in [4.69, 9.17) is 4.74 Å². The lowest BCUT2D eigenvalue weighted by atomic mass is 10.1. The van der Waals surface area contributed by atoms with Gasteiger partial charge < -0.3 is 9.47 Å². The third kappa shape index (κ3) is 2.98. The first kappa shape index (κ1) is 12.5. The van der Waals surface area contributed by atoms with Gasteiger partial charge in [0.25, 0.3) is 0 Å². The van der Waals surface area contributed by atoms with Crippen molar-refractivity contribution in [2.24, 2.45) is 0 Å². The van der Waals surface area contributed by atoms with Gasteiger partial charge in [-0.05, 0) is 19.3 Å². The molecule has 0 aromatic heterocycles. The standard InChI is InChI=1S/C11H17NO4/c1-3-4-5-6-7-9-10(13)16-8-12(9)11(14)15-2/h3,9H,1,4-8H2,2H3. The van der Waals surface area contributed by atoms with Crippen LogP contribution in [0.1, 0.15) is 25.7 Å². The van der Waals surface area contributed by atoms with Crippen molar-refractivity contribution in [3.8, 4) is 0 Å². The van der Waals surface area contributed by atoms with E-state index in [0.717, 1.165) is 19.3 Å². The summed E-state index contributed by atoms with van der Waals surface area (Å²) in [6.45, 7) is 3.62. The number of rotatable bonds is 5. The molecule has 90 valence electrons. The van der Waals surface area contributed by atoms with Crippen LogP contribution in [0.5, 0.6) is 0 Å². The number of amides is 1. The summed E-state index contributed by atoms with van der Waals surface area (Å²) >= 11 is 0. The molecule has 1 aliphatic heterocycles. The highest BCUT2D eigenvalue weighted by molar-refractivity contribution is 5.83. The monoisotopic (exact) mass is 227 g/mol. The Hall–Kier alpha value is -1.52. The van der Waals surface area contributed by atoms with E-state index in [9.17, 15) is 9.59 Å². The van der Waals surface area contributed by atoms with Crippen LogP contribution in [0.2, 0.25) is 0 Å². The zero-order valence-electron chi connectivity index (χ0n) is 9.48. The number of unbranched alkanes of at least 4 members (excludes halogenated alkanes) is 2. The molecule has 5 nitrogen and oxygen atoms in total. The van der Waals surface area contributed by atoms with E-state index >= 15 is 0 Å². The van der Waals surface area contributed by atoms with Crippen molar-refractivity contribution in [3.63, 3.8) is 0 Å². The van der Waals surface area contributed by atoms with Gasteiger partial charge >= 0.3 is 12.1 Å². The molecule has 0 aliphatic carbocycles. The first-order valence-electron chi connectivity index (χ1n) is 5.32. The lowest BCUT2D eigenvalue weighted by Crippen LogP contribution is -2.38. The van der Waals surface area contributed by atoms with Crippen LogP contribution in [0, 0.1) is 0 Å². The quantitative estimate of drug-likeness (QED) is 0.407. The van der Waals surface area contributed by atoms with Crippen molar-refractivity contribution in [1.29, 1.82) is 0 Å². The van der Waals surface area contributed by atoms with E-state index in [1.54, 1.807) is 0 Å². The predicted octanol–water partition coefficient (Wildman–Crippen LogP) is 1.68. The molecule has 1 aliphatic rings. The molecular weight excluding hydrogens is 210 g/mol. The Bertz CT molecular complexity index is 277. The summed E-state index contributed by atoms with van der Waals surface area (Å²) < 4.78 is 9.40. The maximum absolute atomic E-state index is 11.4. The van der Waals surface area contributed by atoms with Crippen LogP contribution >= 0.6 is 0 Å². The van der Waals surface area contributed by atoms with E-state index in [0.29, 0.717) is 6.42 Å². The average molecular weight is 227 g/mol. The van der Waals surface area contributed by atoms with Gasteiger partial charge in [-0.3, -0.25) is 4.90 Å². The van der Waals surface area contributed by atoms with E-state index in [2.05, 4.69) is 11.3 Å². The highest BCUT2D eigenvalue weighted by atomic mass is 16.6. The number of hydrogen-bond donors (Lipinski definition) is 0. The van der Waals surface area contributed by atoms with Gasteiger partial charge in [-0.15, -0.1) is 6.58 Å². The minimum Gasteiger partial charge on any atom is -0.453 e. The van der Waals surface area contributed by atoms with Gasteiger partial charge in [0.05, 0.1) is 7.11 Å². The van der Waals surface area contributed by atoms with Crippen LogP contribution in [-0.4, -0.2) is 36.8 Å². The minimum atomic E-state index is -0.514. The number of nitrogens with zero attached hydrogens (tertiary/aromatic N) is 1. The fraction of sp³-hybridized carbons (Fsp3) is 0.636. The predicted molar refractivity (Wildman–Crippen MR) is 57.7 cm³/mol. The highest BCUT2D eigenvalue weighted by Gasteiger charge is 2.37. The van der Waals surface area contributed by atoms with Crippen molar-refractivity contribution in [2.45, 2.75) is 31.7 Å². The maximum Gasteiger partial charge on any atom is 0.412 e. The van der Waals surface area contributed by atoms with Crippen molar-refractivity contribution >= 4 is 12.1 Å². The SMILES string of the molecule is C=CCCCCC1C(=O)OCN1C(=O)OC. The van der Waals surface area contributed by atoms with Gasteiger partial charge in [0, 0.05) is 0 Å². The van der Waals surface area contributed by atoms with Crippen LogP contribution < -0.4 is 0 Å². The third-order valence-electron chi connectivity index (χ3n) is 2.54. The van der Waals surface area contributed by atoms with E-state index in [1.807, 2.05) is 6.08 Å². The first-order chi connectivity index (χ1) is 7.70. The number of cyclic esters (lactones) is 1. The fourth-order valence-corrected chi connectivity index (χ4v) is 1.64. The molecule has 1 rings (SSSR count).